The molecule has 29 heavy (non-hydrogen) atoms. The molecule has 1 atom stereocenters. The summed E-state index contributed by atoms with van der Waals surface area (Å²) >= 11 is 5.87. The van der Waals surface area contributed by atoms with Crippen molar-refractivity contribution in [2.75, 3.05) is 6.61 Å². The van der Waals surface area contributed by atoms with Crippen molar-refractivity contribution in [1.82, 2.24) is 5.32 Å². The largest absolute Gasteiger partial charge is 0.450 e. The maximum absolute atomic E-state index is 12.3. The molecule has 1 heterocycles. The van der Waals surface area contributed by atoms with Crippen LogP contribution in [0.5, 0.6) is 0 Å². The number of carbonyl (C=O) groups excluding carboxylic acids is 2. The van der Waals surface area contributed by atoms with E-state index in [1.54, 1.807) is 6.07 Å². The Balaban J connectivity index is 1.41. The summed E-state index contributed by atoms with van der Waals surface area (Å²) in [6, 6.07) is 13.4. The first-order chi connectivity index (χ1) is 14.0. The lowest BCUT2D eigenvalue weighted by molar-refractivity contribution is -0.125. The Morgan fingerprint density at radius 2 is 2.00 bits per heavy atom. The molecule has 0 aliphatic heterocycles. The van der Waals surface area contributed by atoms with Gasteiger partial charge in [0.2, 0.25) is 5.76 Å². The Kier molecular flexibility index (Phi) is 5.36. The number of amides is 1. The van der Waals surface area contributed by atoms with Gasteiger partial charge < -0.3 is 14.5 Å². The van der Waals surface area contributed by atoms with Gasteiger partial charge in [-0.05, 0) is 48.6 Å². The molecule has 1 aliphatic rings. The molecule has 0 radical (unpaired) electrons. The first kappa shape index (κ1) is 19.2. The van der Waals surface area contributed by atoms with Crippen LogP contribution in [0.1, 0.15) is 40.6 Å². The van der Waals surface area contributed by atoms with Gasteiger partial charge in [-0.2, -0.15) is 0 Å². The molecule has 0 saturated heterocycles. The Hall–Kier alpha value is -3.12. The van der Waals surface area contributed by atoms with E-state index in [4.69, 9.17) is 20.8 Å². The minimum atomic E-state index is -0.877. The van der Waals surface area contributed by atoms with Crippen LogP contribution in [0.4, 0.5) is 0 Å². The lowest BCUT2D eigenvalue weighted by Gasteiger charge is -2.26. The summed E-state index contributed by atoms with van der Waals surface area (Å²) in [5.74, 6) is -1.55. The molecule has 2 aromatic carbocycles. The molecule has 1 aliphatic carbocycles. The molecule has 7 heteroatoms. The van der Waals surface area contributed by atoms with Crippen molar-refractivity contribution in [3.8, 4) is 0 Å². The van der Waals surface area contributed by atoms with Crippen LogP contribution >= 0.6 is 11.6 Å². The normalized spacial score (nSPS) is 15.6. The third-order valence-electron chi connectivity index (χ3n) is 4.93. The number of hydrogen-bond donors (Lipinski definition) is 1. The summed E-state index contributed by atoms with van der Waals surface area (Å²) in [6.45, 7) is -0.458. The topological polar surface area (TPSA) is 85.6 Å². The van der Waals surface area contributed by atoms with Crippen molar-refractivity contribution in [3.05, 3.63) is 80.7 Å². The van der Waals surface area contributed by atoms with Crippen molar-refractivity contribution in [3.63, 3.8) is 0 Å². The number of benzene rings is 2. The van der Waals surface area contributed by atoms with Crippen molar-refractivity contribution < 1.29 is 18.7 Å². The minimum absolute atomic E-state index is 0.102. The maximum Gasteiger partial charge on any atom is 0.374 e. The van der Waals surface area contributed by atoms with E-state index < -0.39 is 23.9 Å². The number of carbonyl (C=O) groups is 2. The molecule has 4 rings (SSSR count). The van der Waals surface area contributed by atoms with Gasteiger partial charge in [0.25, 0.3) is 5.91 Å². The zero-order valence-electron chi connectivity index (χ0n) is 15.4. The molecule has 0 fully saturated rings. The highest BCUT2D eigenvalue weighted by atomic mass is 35.5. The lowest BCUT2D eigenvalue weighted by Crippen LogP contribution is -2.34. The number of hydrogen-bond acceptors (Lipinski definition) is 5. The van der Waals surface area contributed by atoms with Crippen LogP contribution < -0.4 is 10.7 Å². The minimum Gasteiger partial charge on any atom is -0.450 e. The van der Waals surface area contributed by atoms with Crippen molar-refractivity contribution in [2.45, 2.75) is 25.3 Å². The summed E-state index contributed by atoms with van der Waals surface area (Å²) in [4.78, 5) is 36.7. The van der Waals surface area contributed by atoms with E-state index in [0.29, 0.717) is 5.02 Å². The van der Waals surface area contributed by atoms with E-state index in [9.17, 15) is 14.4 Å². The zero-order chi connectivity index (χ0) is 20.4. The summed E-state index contributed by atoms with van der Waals surface area (Å²) in [7, 11) is 0. The molecule has 1 amide bonds. The van der Waals surface area contributed by atoms with E-state index >= 15 is 0 Å². The van der Waals surface area contributed by atoms with Crippen LogP contribution in [0.2, 0.25) is 5.02 Å². The fourth-order valence-electron chi connectivity index (χ4n) is 3.57. The summed E-state index contributed by atoms with van der Waals surface area (Å²) < 4.78 is 10.5. The third kappa shape index (κ3) is 4.17. The predicted octanol–water partition coefficient (Wildman–Crippen LogP) is 3.80. The van der Waals surface area contributed by atoms with Gasteiger partial charge in [0.15, 0.2) is 12.0 Å². The number of ether oxygens (including phenoxy) is 1. The summed E-state index contributed by atoms with van der Waals surface area (Å²) in [6.07, 6.45) is 2.80. The number of halogens is 1. The molecule has 6 nitrogen and oxygen atoms in total. The molecule has 148 valence electrons. The Bertz CT molecular complexity index is 1150. The standard InChI is InChI=1S/C22H18ClNO5/c23-14-8-9-19-16(10-14)18(25)11-20(29-19)22(27)28-12-21(26)24-17-7-3-5-13-4-1-2-6-15(13)17/h1-2,4,6,8-11,17H,3,5,7,12H2,(H,24,26)/t17-/m1/s1. The molecule has 0 saturated carbocycles. The van der Waals surface area contributed by atoms with Crippen LogP contribution in [-0.4, -0.2) is 18.5 Å². The second-order valence-electron chi connectivity index (χ2n) is 6.90. The highest BCUT2D eigenvalue weighted by Gasteiger charge is 2.22. The van der Waals surface area contributed by atoms with E-state index in [1.165, 1.54) is 17.7 Å². The number of esters is 1. The Labute approximate surface area is 171 Å². The molecule has 0 spiro atoms. The summed E-state index contributed by atoms with van der Waals surface area (Å²) in [5.41, 5.74) is 2.12. The van der Waals surface area contributed by atoms with Gasteiger partial charge in [0.1, 0.15) is 5.58 Å². The Morgan fingerprint density at radius 3 is 2.86 bits per heavy atom. The predicted molar refractivity (Wildman–Crippen MR) is 108 cm³/mol. The SMILES string of the molecule is O=C(COC(=O)c1cc(=O)c2cc(Cl)ccc2o1)N[C@@H]1CCCc2ccccc21. The first-order valence-corrected chi connectivity index (χ1v) is 9.67. The van der Waals surface area contributed by atoms with E-state index in [2.05, 4.69) is 11.4 Å². The first-order valence-electron chi connectivity index (χ1n) is 9.29. The number of fused-ring (bicyclic) bond motifs is 2. The van der Waals surface area contributed by atoms with Gasteiger partial charge in [0.05, 0.1) is 11.4 Å². The monoisotopic (exact) mass is 411 g/mol. The second-order valence-corrected chi connectivity index (χ2v) is 7.34. The van der Waals surface area contributed by atoms with Crippen LogP contribution in [0.25, 0.3) is 11.0 Å². The van der Waals surface area contributed by atoms with Gasteiger partial charge in [-0.15, -0.1) is 0 Å². The third-order valence-corrected chi connectivity index (χ3v) is 5.16. The lowest BCUT2D eigenvalue weighted by atomic mass is 9.88. The molecule has 3 aromatic rings. The number of aryl methyl sites for hydroxylation is 1. The van der Waals surface area contributed by atoms with Crippen LogP contribution in [0.3, 0.4) is 0 Å². The average Bonchev–Trinajstić information content (AvgIpc) is 2.72. The fraction of sp³-hybridized carbons (Fsp3) is 0.227. The van der Waals surface area contributed by atoms with Gasteiger partial charge in [-0.25, -0.2) is 4.79 Å². The smallest absolute Gasteiger partial charge is 0.374 e. The Morgan fingerprint density at radius 1 is 1.17 bits per heavy atom. The van der Waals surface area contributed by atoms with Gasteiger partial charge >= 0.3 is 5.97 Å². The molecular formula is C22H18ClNO5. The van der Waals surface area contributed by atoms with Crippen LogP contribution in [-0.2, 0) is 16.0 Å². The van der Waals surface area contributed by atoms with E-state index in [0.717, 1.165) is 30.9 Å². The van der Waals surface area contributed by atoms with Gasteiger partial charge in [0, 0.05) is 11.1 Å². The maximum atomic E-state index is 12.3. The molecule has 1 N–H and O–H groups in total. The highest BCUT2D eigenvalue weighted by Crippen LogP contribution is 2.29. The van der Waals surface area contributed by atoms with Crippen molar-refractivity contribution >= 4 is 34.4 Å². The van der Waals surface area contributed by atoms with E-state index in [1.807, 2.05) is 18.2 Å². The van der Waals surface area contributed by atoms with Crippen molar-refractivity contribution in [1.29, 1.82) is 0 Å². The second kappa shape index (κ2) is 8.09. The van der Waals surface area contributed by atoms with Crippen LogP contribution in [0.15, 0.2) is 57.7 Å². The van der Waals surface area contributed by atoms with E-state index in [-0.39, 0.29) is 22.8 Å². The van der Waals surface area contributed by atoms with Gasteiger partial charge in [-0.3, -0.25) is 9.59 Å². The molecule has 0 unspecified atom stereocenters. The van der Waals surface area contributed by atoms with Gasteiger partial charge in [-0.1, -0.05) is 35.9 Å². The molecular weight excluding hydrogens is 394 g/mol. The quantitative estimate of drug-likeness (QED) is 0.660. The average molecular weight is 412 g/mol. The fourth-order valence-corrected chi connectivity index (χ4v) is 3.74. The molecule has 1 aromatic heterocycles. The highest BCUT2D eigenvalue weighted by molar-refractivity contribution is 6.31. The summed E-state index contributed by atoms with van der Waals surface area (Å²) in [5, 5.41) is 3.56. The number of rotatable bonds is 4. The number of nitrogens with one attached hydrogen (secondary N) is 1. The van der Waals surface area contributed by atoms with Crippen molar-refractivity contribution in [2.24, 2.45) is 0 Å². The molecule has 0 bridgehead atoms. The zero-order valence-corrected chi connectivity index (χ0v) is 16.2. The van der Waals surface area contributed by atoms with Crippen LogP contribution in [0, 0.1) is 0 Å².